The average Bonchev–Trinajstić information content (AvgIpc) is 3.02. The van der Waals surface area contributed by atoms with Gasteiger partial charge in [-0.05, 0) is 17.8 Å². The smallest absolute Gasteiger partial charge is 0.256 e. The fourth-order valence-corrected chi connectivity index (χ4v) is 2.05. The largest absolute Gasteiger partial charge is 0.292 e. The Morgan fingerprint density at radius 1 is 1.15 bits per heavy atom. The highest BCUT2D eigenvalue weighted by Gasteiger charge is 2.09. The van der Waals surface area contributed by atoms with E-state index in [1.807, 2.05) is 0 Å². The van der Waals surface area contributed by atoms with Crippen LogP contribution in [0.5, 0.6) is 0 Å². The summed E-state index contributed by atoms with van der Waals surface area (Å²) in [7, 11) is 0. The molecule has 0 bridgehead atoms. The summed E-state index contributed by atoms with van der Waals surface area (Å²) in [6.45, 7) is 0. The van der Waals surface area contributed by atoms with Gasteiger partial charge in [0.1, 0.15) is 5.03 Å². The fourth-order valence-electron chi connectivity index (χ4n) is 1.38. The lowest BCUT2D eigenvalue weighted by Crippen LogP contribution is -2.14. The Bertz CT molecular complexity index is 685. The molecule has 3 rings (SSSR count). The second kappa shape index (κ2) is 5.59. The minimum atomic E-state index is 0.247. The minimum Gasteiger partial charge on any atom is -0.292 e. The van der Waals surface area contributed by atoms with E-state index < -0.39 is 0 Å². The highest BCUT2D eigenvalue weighted by molar-refractivity contribution is 7.99. The van der Waals surface area contributed by atoms with Crippen molar-refractivity contribution in [2.24, 2.45) is 5.84 Å². The standard InChI is InChI=1S/C10H9N9S/c11-18-8-15-9(19-5-1-2-14-19)17-10(16-8)20-7-6-12-3-4-13-7/h1-6H,11H2,(H,15,16,17,18). The second-order valence-electron chi connectivity index (χ2n) is 3.48. The molecule has 0 amide bonds. The van der Waals surface area contributed by atoms with Crippen molar-refractivity contribution in [1.82, 2.24) is 34.7 Å². The second-order valence-corrected chi connectivity index (χ2v) is 4.47. The van der Waals surface area contributed by atoms with Gasteiger partial charge in [0.2, 0.25) is 11.1 Å². The summed E-state index contributed by atoms with van der Waals surface area (Å²) in [5.74, 6) is 5.98. The molecule has 100 valence electrons. The number of nitrogen functional groups attached to an aromatic ring is 1. The van der Waals surface area contributed by atoms with Crippen LogP contribution in [0.1, 0.15) is 0 Å². The number of anilines is 1. The first-order valence-electron chi connectivity index (χ1n) is 5.52. The monoisotopic (exact) mass is 287 g/mol. The zero-order valence-corrected chi connectivity index (χ0v) is 10.9. The maximum Gasteiger partial charge on any atom is 0.256 e. The van der Waals surface area contributed by atoms with E-state index in [2.05, 4.69) is 35.4 Å². The first-order valence-corrected chi connectivity index (χ1v) is 6.33. The molecule has 0 aliphatic heterocycles. The van der Waals surface area contributed by atoms with Crippen molar-refractivity contribution in [2.45, 2.75) is 10.2 Å². The lowest BCUT2D eigenvalue weighted by atomic mass is 10.7. The molecule has 0 radical (unpaired) electrons. The van der Waals surface area contributed by atoms with Gasteiger partial charge in [0, 0.05) is 24.8 Å². The molecule has 3 aromatic rings. The van der Waals surface area contributed by atoms with E-state index in [1.165, 1.54) is 16.4 Å². The molecular weight excluding hydrogens is 278 g/mol. The molecule has 3 N–H and O–H groups in total. The molecule has 0 spiro atoms. The quantitative estimate of drug-likeness (QED) is 0.515. The fraction of sp³-hybridized carbons (Fsp3) is 0. The summed E-state index contributed by atoms with van der Waals surface area (Å²) in [5.41, 5.74) is 2.40. The number of nitrogens with two attached hydrogens (primary N) is 1. The summed E-state index contributed by atoms with van der Waals surface area (Å²) in [5, 5.41) is 5.19. The van der Waals surface area contributed by atoms with Crippen LogP contribution in [0.3, 0.4) is 0 Å². The number of hydrogen-bond acceptors (Lipinski definition) is 9. The summed E-state index contributed by atoms with van der Waals surface area (Å²) < 4.78 is 1.52. The van der Waals surface area contributed by atoms with E-state index in [-0.39, 0.29) is 5.95 Å². The molecule has 0 atom stereocenters. The number of aromatic nitrogens is 7. The average molecular weight is 287 g/mol. The molecule has 9 nitrogen and oxygen atoms in total. The van der Waals surface area contributed by atoms with Gasteiger partial charge in [0.05, 0.1) is 6.20 Å². The van der Waals surface area contributed by atoms with E-state index >= 15 is 0 Å². The first kappa shape index (κ1) is 12.4. The normalized spacial score (nSPS) is 10.4. The van der Waals surface area contributed by atoms with Crippen LogP contribution in [0.2, 0.25) is 0 Å². The van der Waals surface area contributed by atoms with Gasteiger partial charge in [-0.15, -0.1) is 0 Å². The van der Waals surface area contributed by atoms with E-state index in [0.717, 1.165) is 0 Å². The maximum atomic E-state index is 5.36. The number of nitrogens with zero attached hydrogens (tertiary/aromatic N) is 7. The van der Waals surface area contributed by atoms with Crippen molar-refractivity contribution >= 4 is 17.7 Å². The van der Waals surface area contributed by atoms with Gasteiger partial charge in [-0.2, -0.15) is 20.1 Å². The van der Waals surface area contributed by atoms with Crippen molar-refractivity contribution in [3.05, 3.63) is 37.1 Å². The van der Waals surface area contributed by atoms with Gasteiger partial charge in [-0.25, -0.2) is 15.5 Å². The van der Waals surface area contributed by atoms with Crippen molar-refractivity contribution in [3.63, 3.8) is 0 Å². The lowest BCUT2D eigenvalue weighted by Gasteiger charge is -2.05. The molecule has 0 aliphatic carbocycles. The highest BCUT2D eigenvalue weighted by Crippen LogP contribution is 2.22. The third-order valence-corrected chi connectivity index (χ3v) is 2.96. The number of hydrogen-bond donors (Lipinski definition) is 2. The van der Waals surface area contributed by atoms with Crippen LogP contribution in [-0.4, -0.2) is 34.7 Å². The van der Waals surface area contributed by atoms with E-state index in [4.69, 9.17) is 5.84 Å². The Balaban J connectivity index is 1.96. The van der Waals surface area contributed by atoms with Crippen LogP contribution in [0.15, 0.2) is 47.2 Å². The Kier molecular flexibility index (Phi) is 3.48. The van der Waals surface area contributed by atoms with Gasteiger partial charge in [0.15, 0.2) is 0 Å². The maximum absolute atomic E-state index is 5.36. The first-order chi connectivity index (χ1) is 9.85. The van der Waals surface area contributed by atoms with Gasteiger partial charge < -0.3 is 0 Å². The van der Waals surface area contributed by atoms with Crippen LogP contribution in [0.25, 0.3) is 5.95 Å². The topological polar surface area (TPSA) is 120 Å². The Labute approximate surface area is 117 Å². The minimum absolute atomic E-state index is 0.247. The summed E-state index contributed by atoms with van der Waals surface area (Å²) in [6, 6.07) is 1.77. The molecule has 3 aromatic heterocycles. The van der Waals surface area contributed by atoms with Gasteiger partial charge in [-0.1, -0.05) is 0 Å². The zero-order valence-electron chi connectivity index (χ0n) is 10.1. The van der Waals surface area contributed by atoms with Crippen molar-refractivity contribution < 1.29 is 0 Å². The summed E-state index contributed by atoms with van der Waals surface area (Å²) in [6.07, 6.45) is 8.18. The summed E-state index contributed by atoms with van der Waals surface area (Å²) >= 11 is 1.26. The zero-order chi connectivity index (χ0) is 13.8. The van der Waals surface area contributed by atoms with Crippen molar-refractivity contribution in [3.8, 4) is 5.95 Å². The Morgan fingerprint density at radius 3 is 2.80 bits per heavy atom. The third-order valence-electron chi connectivity index (χ3n) is 2.18. The molecule has 0 unspecified atom stereocenters. The predicted octanol–water partition coefficient (Wildman–Crippen LogP) is 0.284. The molecule has 3 heterocycles. The molecule has 20 heavy (non-hydrogen) atoms. The van der Waals surface area contributed by atoms with Crippen LogP contribution < -0.4 is 11.3 Å². The molecule has 0 saturated heterocycles. The van der Waals surface area contributed by atoms with Crippen LogP contribution in [0, 0.1) is 0 Å². The third kappa shape index (κ3) is 2.70. The van der Waals surface area contributed by atoms with Crippen LogP contribution in [0.4, 0.5) is 5.95 Å². The highest BCUT2D eigenvalue weighted by atomic mass is 32.2. The predicted molar refractivity (Wildman–Crippen MR) is 70.9 cm³/mol. The van der Waals surface area contributed by atoms with Gasteiger partial charge in [-0.3, -0.25) is 10.4 Å². The molecule has 0 aromatic carbocycles. The molecule has 0 aliphatic rings. The Morgan fingerprint density at radius 2 is 2.10 bits per heavy atom. The number of rotatable bonds is 4. The van der Waals surface area contributed by atoms with Crippen LogP contribution in [-0.2, 0) is 0 Å². The van der Waals surface area contributed by atoms with Gasteiger partial charge in [0.25, 0.3) is 5.95 Å². The number of nitrogens with one attached hydrogen (secondary N) is 1. The molecular formula is C10H9N9S. The number of hydrazine groups is 1. The van der Waals surface area contributed by atoms with Crippen molar-refractivity contribution in [1.29, 1.82) is 0 Å². The molecule has 0 saturated carbocycles. The Hall–Kier alpha value is -2.59. The molecule has 10 heteroatoms. The summed E-state index contributed by atoms with van der Waals surface area (Å²) in [4.78, 5) is 20.7. The van der Waals surface area contributed by atoms with E-state index in [1.54, 1.807) is 37.1 Å². The molecule has 0 fully saturated rings. The van der Waals surface area contributed by atoms with Crippen molar-refractivity contribution in [2.75, 3.05) is 5.43 Å². The lowest BCUT2D eigenvalue weighted by molar-refractivity contribution is 0.760. The van der Waals surface area contributed by atoms with Gasteiger partial charge >= 0.3 is 0 Å². The van der Waals surface area contributed by atoms with E-state index in [9.17, 15) is 0 Å². The van der Waals surface area contributed by atoms with E-state index in [0.29, 0.717) is 16.1 Å². The SMILES string of the molecule is NNc1nc(Sc2cnccn2)nc(-n2cccn2)n1. The van der Waals surface area contributed by atoms with Crippen LogP contribution >= 0.6 is 11.8 Å².